The first-order chi connectivity index (χ1) is 12.1. The highest BCUT2D eigenvalue weighted by molar-refractivity contribution is 14.0. The minimum Gasteiger partial charge on any atom is -0.370 e. The molecule has 1 atom stereocenters. The second-order valence-corrected chi connectivity index (χ2v) is 6.23. The van der Waals surface area contributed by atoms with Crippen LogP contribution in [-0.4, -0.2) is 52.0 Å². The first-order valence-electron chi connectivity index (χ1n) is 8.63. The third-order valence-corrected chi connectivity index (χ3v) is 4.37. The SMILES string of the molecule is CCNC(=NCc1c(C)noc1C)N1CCOC(c2cnn(C)c2)C1.I. The fourth-order valence-electron chi connectivity index (χ4n) is 2.96. The summed E-state index contributed by atoms with van der Waals surface area (Å²) in [7, 11) is 1.92. The third-order valence-electron chi connectivity index (χ3n) is 4.37. The number of halogens is 1. The maximum absolute atomic E-state index is 5.92. The number of ether oxygens (including phenoxy) is 1. The Hall–Kier alpha value is -1.62. The molecule has 0 radical (unpaired) electrons. The van der Waals surface area contributed by atoms with Gasteiger partial charge in [0.2, 0.25) is 0 Å². The molecular weight excluding hydrogens is 447 g/mol. The molecule has 0 spiro atoms. The molecular formula is C17H27IN6O2. The zero-order valence-corrected chi connectivity index (χ0v) is 18.1. The summed E-state index contributed by atoms with van der Waals surface area (Å²) in [5.74, 6) is 1.71. The van der Waals surface area contributed by atoms with Crippen molar-refractivity contribution in [1.29, 1.82) is 0 Å². The van der Waals surface area contributed by atoms with Gasteiger partial charge in [-0.1, -0.05) is 5.16 Å². The van der Waals surface area contributed by atoms with E-state index in [-0.39, 0.29) is 30.1 Å². The van der Waals surface area contributed by atoms with E-state index >= 15 is 0 Å². The van der Waals surface area contributed by atoms with Crippen LogP contribution in [0, 0.1) is 13.8 Å². The van der Waals surface area contributed by atoms with Gasteiger partial charge in [0.25, 0.3) is 0 Å². The molecule has 0 bridgehead atoms. The molecule has 0 aliphatic carbocycles. The number of hydrogen-bond donors (Lipinski definition) is 1. The van der Waals surface area contributed by atoms with E-state index in [0.717, 1.165) is 48.2 Å². The summed E-state index contributed by atoms with van der Waals surface area (Å²) in [5, 5.41) is 11.6. The Morgan fingerprint density at radius 1 is 1.42 bits per heavy atom. The molecule has 8 nitrogen and oxygen atoms in total. The molecule has 1 fully saturated rings. The van der Waals surface area contributed by atoms with Crippen molar-refractivity contribution in [3.8, 4) is 0 Å². The molecule has 1 aliphatic heterocycles. The molecule has 144 valence electrons. The van der Waals surface area contributed by atoms with Gasteiger partial charge in [0, 0.05) is 37.5 Å². The maximum Gasteiger partial charge on any atom is 0.194 e. The lowest BCUT2D eigenvalue weighted by Crippen LogP contribution is -2.48. The van der Waals surface area contributed by atoms with Gasteiger partial charge < -0.3 is 19.5 Å². The molecule has 0 amide bonds. The Balaban J connectivity index is 0.00000243. The quantitative estimate of drug-likeness (QED) is 0.416. The van der Waals surface area contributed by atoms with Crippen molar-refractivity contribution in [2.45, 2.75) is 33.4 Å². The van der Waals surface area contributed by atoms with E-state index in [1.807, 2.05) is 33.3 Å². The van der Waals surface area contributed by atoms with Crippen LogP contribution >= 0.6 is 24.0 Å². The number of aromatic nitrogens is 3. The van der Waals surface area contributed by atoms with Crippen molar-refractivity contribution in [2.24, 2.45) is 12.0 Å². The average Bonchev–Trinajstić information content (AvgIpc) is 3.18. The minimum atomic E-state index is 0. The van der Waals surface area contributed by atoms with Crippen LogP contribution in [0.25, 0.3) is 0 Å². The Morgan fingerprint density at radius 3 is 2.85 bits per heavy atom. The standard InChI is InChI=1S/C17H26N6O2.HI/c1-5-18-17(19-9-15-12(2)21-25-13(15)3)23-6-7-24-16(11-23)14-8-20-22(4)10-14;/h8,10,16H,5-7,9,11H2,1-4H3,(H,18,19);1H. The first-order valence-corrected chi connectivity index (χ1v) is 8.63. The average molecular weight is 474 g/mol. The van der Waals surface area contributed by atoms with E-state index in [4.69, 9.17) is 14.3 Å². The molecule has 1 N–H and O–H groups in total. The fraction of sp³-hybridized carbons (Fsp3) is 0.588. The van der Waals surface area contributed by atoms with E-state index in [0.29, 0.717) is 13.2 Å². The second kappa shape index (κ2) is 9.36. The largest absolute Gasteiger partial charge is 0.370 e. The van der Waals surface area contributed by atoms with Crippen molar-refractivity contribution in [3.05, 3.63) is 35.0 Å². The lowest BCUT2D eigenvalue weighted by Gasteiger charge is -2.34. The number of rotatable bonds is 4. The number of morpholine rings is 1. The van der Waals surface area contributed by atoms with E-state index in [2.05, 4.69) is 27.4 Å². The molecule has 1 unspecified atom stereocenters. The lowest BCUT2D eigenvalue weighted by atomic mass is 10.1. The van der Waals surface area contributed by atoms with Gasteiger partial charge in [0.1, 0.15) is 11.9 Å². The van der Waals surface area contributed by atoms with Crippen LogP contribution in [0.4, 0.5) is 0 Å². The normalized spacial score (nSPS) is 17.9. The number of hydrogen-bond acceptors (Lipinski definition) is 5. The number of nitrogens with one attached hydrogen (secondary N) is 1. The van der Waals surface area contributed by atoms with Crippen LogP contribution in [0.2, 0.25) is 0 Å². The van der Waals surface area contributed by atoms with E-state index in [1.165, 1.54) is 0 Å². The zero-order chi connectivity index (χ0) is 17.8. The highest BCUT2D eigenvalue weighted by atomic mass is 127. The van der Waals surface area contributed by atoms with Gasteiger partial charge in [-0.05, 0) is 20.8 Å². The Labute approximate surface area is 171 Å². The Bertz CT molecular complexity index is 722. The molecule has 1 aliphatic rings. The molecule has 2 aromatic heterocycles. The van der Waals surface area contributed by atoms with Gasteiger partial charge in [0.15, 0.2) is 5.96 Å². The van der Waals surface area contributed by atoms with Crippen molar-refractivity contribution in [3.63, 3.8) is 0 Å². The molecule has 3 rings (SSSR count). The van der Waals surface area contributed by atoms with Gasteiger partial charge in [-0.15, -0.1) is 24.0 Å². The molecule has 3 heterocycles. The van der Waals surface area contributed by atoms with Crippen LogP contribution in [0.15, 0.2) is 21.9 Å². The van der Waals surface area contributed by atoms with Crippen molar-refractivity contribution >= 4 is 29.9 Å². The summed E-state index contributed by atoms with van der Waals surface area (Å²) in [4.78, 5) is 7.03. The van der Waals surface area contributed by atoms with Crippen LogP contribution in [0.1, 0.15) is 35.6 Å². The zero-order valence-electron chi connectivity index (χ0n) is 15.7. The summed E-state index contributed by atoms with van der Waals surface area (Å²) in [6, 6.07) is 0. The van der Waals surface area contributed by atoms with Crippen LogP contribution < -0.4 is 5.32 Å². The van der Waals surface area contributed by atoms with Gasteiger partial charge in [-0.2, -0.15) is 5.10 Å². The second-order valence-electron chi connectivity index (χ2n) is 6.23. The predicted octanol–water partition coefficient (Wildman–Crippen LogP) is 2.18. The first kappa shape index (κ1) is 20.7. The van der Waals surface area contributed by atoms with Crippen LogP contribution in [0.3, 0.4) is 0 Å². The summed E-state index contributed by atoms with van der Waals surface area (Å²) >= 11 is 0. The maximum atomic E-state index is 5.92. The predicted molar refractivity (Wildman–Crippen MR) is 110 cm³/mol. The molecule has 0 aromatic carbocycles. The van der Waals surface area contributed by atoms with Crippen LogP contribution in [-0.2, 0) is 18.3 Å². The molecule has 2 aromatic rings. The highest BCUT2D eigenvalue weighted by Crippen LogP contribution is 2.22. The third kappa shape index (κ3) is 4.76. The topological polar surface area (TPSA) is 80.7 Å². The summed E-state index contributed by atoms with van der Waals surface area (Å²) in [6.45, 7) is 9.53. The van der Waals surface area contributed by atoms with Gasteiger partial charge in [-0.3, -0.25) is 4.68 Å². The fourth-order valence-corrected chi connectivity index (χ4v) is 2.96. The molecule has 9 heteroatoms. The highest BCUT2D eigenvalue weighted by Gasteiger charge is 2.25. The lowest BCUT2D eigenvalue weighted by molar-refractivity contribution is -0.00805. The van der Waals surface area contributed by atoms with Gasteiger partial charge in [-0.25, -0.2) is 4.99 Å². The monoisotopic (exact) mass is 474 g/mol. The van der Waals surface area contributed by atoms with E-state index in [1.54, 1.807) is 4.68 Å². The number of nitrogens with zero attached hydrogens (tertiary/aromatic N) is 5. The molecule has 1 saturated heterocycles. The summed E-state index contributed by atoms with van der Waals surface area (Å²) < 4.78 is 12.9. The van der Waals surface area contributed by atoms with Crippen molar-refractivity contribution in [1.82, 2.24) is 25.2 Å². The summed E-state index contributed by atoms with van der Waals surface area (Å²) in [5.41, 5.74) is 3.04. The van der Waals surface area contributed by atoms with Crippen LogP contribution in [0.5, 0.6) is 0 Å². The smallest absolute Gasteiger partial charge is 0.194 e. The number of aryl methyl sites for hydroxylation is 3. The summed E-state index contributed by atoms with van der Waals surface area (Å²) in [6.07, 6.45) is 3.87. The Kier molecular flexibility index (Phi) is 7.44. The van der Waals surface area contributed by atoms with E-state index < -0.39 is 0 Å². The van der Waals surface area contributed by atoms with Crippen molar-refractivity contribution < 1.29 is 9.26 Å². The number of guanidine groups is 1. The van der Waals surface area contributed by atoms with E-state index in [9.17, 15) is 0 Å². The van der Waals surface area contributed by atoms with Crippen molar-refractivity contribution in [2.75, 3.05) is 26.2 Å². The number of aliphatic imine (C=N–C) groups is 1. The Morgan fingerprint density at radius 2 is 2.23 bits per heavy atom. The molecule has 26 heavy (non-hydrogen) atoms. The van der Waals surface area contributed by atoms with Gasteiger partial charge in [0.05, 0.1) is 31.6 Å². The molecule has 0 saturated carbocycles. The van der Waals surface area contributed by atoms with Gasteiger partial charge >= 0.3 is 0 Å². The minimum absolute atomic E-state index is 0.